The number of carbonyl (C=O) groups excluding carboxylic acids is 1. The largest absolute Gasteiger partial charge is 0.480 e. The molecule has 0 spiro atoms. The zero-order valence-corrected chi connectivity index (χ0v) is 7.24. The molecule has 0 fully saturated rings. The standard InChI is InChI=1S/C7H12N2O4/c1-4(2)13-7(12)9-5(3-8)6(10)11/h5H,1,3,8H2,2H3,(H,9,12)(H,10,11)/t5-/m0/s1. The number of alkyl carbamates (subject to hydrolysis) is 1. The Morgan fingerprint density at radius 3 is 2.54 bits per heavy atom. The van der Waals surface area contributed by atoms with Crippen LogP contribution >= 0.6 is 0 Å². The van der Waals surface area contributed by atoms with Crippen molar-refractivity contribution in [1.29, 1.82) is 0 Å². The van der Waals surface area contributed by atoms with Crippen molar-refractivity contribution in [3.63, 3.8) is 0 Å². The van der Waals surface area contributed by atoms with E-state index in [9.17, 15) is 9.59 Å². The third-order valence-electron chi connectivity index (χ3n) is 1.09. The average molecular weight is 188 g/mol. The number of nitrogens with one attached hydrogen (secondary N) is 1. The van der Waals surface area contributed by atoms with E-state index in [1.54, 1.807) is 0 Å². The van der Waals surface area contributed by atoms with E-state index in [0.717, 1.165) is 0 Å². The maximum atomic E-state index is 10.8. The summed E-state index contributed by atoms with van der Waals surface area (Å²) in [4.78, 5) is 21.2. The number of rotatable bonds is 4. The molecule has 0 saturated heterocycles. The van der Waals surface area contributed by atoms with Crippen molar-refractivity contribution in [3.05, 3.63) is 12.3 Å². The number of amides is 1. The molecule has 6 heteroatoms. The number of carboxylic acids is 1. The lowest BCUT2D eigenvalue weighted by atomic mass is 10.3. The summed E-state index contributed by atoms with van der Waals surface area (Å²) >= 11 is 0. The van der Waals surface area contributed by atoms with Crippen LogP contribution in [0.25, 0.3) is 0 Å². The van der Waals surface area contributed by atoms with Gasteiger partial charge in [-0.05, 0) is 6.92 Å². The normalized spacial score (nSPS) is 11.5. The highest BCUT2D eigenvalue weighted by atomic mass is 16.6. The highest BCUT2D eigenvalue weighted by Gasteiger charge is 2.18. The van der Waals surface area contributed by atoms with Gasteiger partial charge < -0.3 is 20.9 Å². The average Bonchev–Trinajstić information content (AvgIpc) is 1.98. The molecule has 1 atom stereocenters. The van der Waals surface area contributed by atoms with Gasteiger partial charge in [0, 0.05) is 6.54 Å². The lowest BCUT2D eigenvalue weighted by molar-refractivity contribution is -0.139. The molecular weight excluding hydrogens is 176 g/mol. The van der Waals surface area contributed by atoms with Crippen LogP contribution < -0.4 is 11.1 Å². The van der Waals surface area contributed by atoms with Crippen LogP contribution in [-0.4, -0.2) is 29.8 Å². The van der Waals surface area contributed by atoms with Gasteiger partial charge in [-0.2, -0.15) is 0 Å². The number of carboxylic acid groups (broad SMARTS) is 1. The molecule has 1 amide bonds. The minimum absolute atomic E-state index is 0.179. The Bertz CT molecular complexity index is 227. The summed E-state index contributed by atoms with van der Waals surface area (Å²) in [5.41, 5.74) is 5.08. The first kappa shape index (κ1) is 11.4. The van der Waals surface area contributed by atoms with Crippen molar-refractivity contribution >= 4 is 12.1 Å². The molecule has 0 unspecified atom stereocenters. The summed E-state index contributed by atoms with van der Waals surface area (Å²) in [6.07, 6.45) is -0.870. The van der Waals surface area contributed by atoms with Crippen LogP contribution in [-0.2, 0) is 9.53 Å². The SMILES string of the molecule is C=C(C)OC(=O)N[C@@H](CN)C(=O)O. The van der Waals surface area contributed by atoms with E-state index in [1.807, 2.05) is 0 Å². The van der Waals surface area contributed by atoms with Crippen LogP contribution in [0.15, 0.2) is 12.3 Å². The van der Waals surface area contributed by atoms with Gasteiger partial charge in [0.25, 0.3) is 0 Å². The quantitative estimate of drug-likeness (QED) is 0.524. The van der Waals surface area contributed by atoms with E-state index < -0.39 is 18.1 Å². The molecule has 0 bridgehead atoms. The predicted octanol–water partition coefficient (Wildman–Crippen LogP) is -0.342. The summed E-state index contributed by atoms with van der Waals surface area (Å²) in [5, 5.41) is 10.5. The van der Waals surface area contributed by atoms with Crippen molar-refractivity contribution in [2.24, 2.45) is 5.73 Å². The minimum Gasteiger partial charge on any atom is -0.480 e. The van der Waals surface area contributed by atoms with E-state index >= 15 is 0 Å². The molecule has 0 aliphatic heterocycles. The third-order valence-corrected chi connectivity index (χ3v) is 1.09. The molecule has 4 N–H and O–H groups in total. The molecule has 13 heavy (non-hydrogen) atoms. The van der Waals surface area contributed by atoms with Crippen molar-refractivity contribution in [1.82, 2.24) is 5.32 Å². The Morgan fingerprint density at radius 2 is 2.23 bits per heavy atom. The molecule has 6 nitrogen and oxygen atoms in total. The van der Waals surface area contributed by atoms with Gasteiger partial charge in [-0.3, -0.25) is 0 Å². The monoisotopic (exact) mass is 188 g/mol. The lowest BCUT2D eigenvalue weighted by Crippen LogP contribution is -2.45. The number of hydrogen-bond acceptors (Lipinski definition) is 4. The van der Waals surface area contributed by atoms with Gasteiger partial charge in [0.05, 0.1) is 5.76 Å². The fraction of sp³-hybridized carbons (Fsp3) is 0.429. The maximum Gasteiger partial charge on any atom is 0.413 e. The van der Waals surface area contributed by atoms with Gasteiger partial charge in [-0.25, -0.2) is 9.59 Å². The Morgan fingerprint density at radius 1 is 1.69 bits per heavy atom. The summed E-state index contributed by atoms with van der Waals surface area (Å²) in [6, 6.07) is -1.13. The number of ether oxygens (including phenoxy) is 1. The van der Waals surface area contributed by atoms with Gasteiger partial charge >= 0.3 is 12.1 Å². The topological polar surface area (TPSA) is 102 Å². The Balaban J connectivity index is 4.01. The van der Waals surface area contributed by atoms with Crippen molar-refractivity contribution < 1.29 is 19.4 Å². The van der Waals surface area contributed by atoms with Gasteiger partial charge in [0.15, 0.2) is 0 Å². The fourth-order valence-corrected chi connectivity index (χ4v) is 0.551. The van der Waals surface area contributed by atoms with Gasteiger partial charge in [-0.15, -0.1) is 0 Å². The van der Waals surface area contributed by atoms with Crippen LogP contribution in [0.1, 0.15) is 6.92 Å². The first-order valence-corrected chi connectivity index (χ1v) is 3.54. The molecule has 0 heterocycles. The molecule has 0 aromatic heterocycles. The molecule has 0 aromatic carbocycles. The van der Waals surface area contributed by atoms with E-state index in [0.29, 0.717) is 0 Å². The Labute approximate surface area is 75.4 Å². The number of nitrogens with two attached hydrogens (primary N) is 1. The van der Waals surface area contributed by atoms with Crippen molar-refractivity contribution in [2.45, 2.75) is 13.0 Å². The molecule has 0 radical (unpaired) electrons. The maximum absolute atomic E-state index is 10.8. The zero-order valence-electron chi connectivity index (χ0n) is 7.24. The Hall–Kier alpha value is -1.56. The third kappa shape index (κ3) is 4.81. The summed E-state index contributed by atoms with van der Waals surface area (Å²) in [5.74, 6) is -1.03. The molecule has 0 rings (SSSR count). The molecule has 74 valence electrons. The Kier molecular flexibility index (Phi) is 4.53. The lowest BCUT2D eigenvalue weighted by Gasteiger charge is -2.11. The highest BCUT2D eigenvalue weighted by molar-refractivity contribution is 5.80. The van der Waals surface area contributed by atoms with Gasteiger partial charge in [0.1, 0.15) is 6.04 Å². The molecule has 0 aromatic rings. The molecular formula is C7H12N2O4. The van der Waals surface area contributed by atoms with E-state index in [2.05, 4.69) is 16.6 Å². The second-order valence-corrected chi connectivity index (χ2v) is 2.36. The zero-order chi connectivity index (χ0) is 10.4. The summed E-state index contributed by atoms with van der Waals surface area (Å²) < 4.78 is 4.47. The number of aliphatic carboxylic acids is 1. The van der Waals surface area contributed by atoms with Crippen LogP contribution in [0.3, 0.4) is 0 Å². The summed E-state index contributed by atoms with van der Waals surface area (Å²) in [7, 11) is 0. The van der Waals surface area contributed by atoms with E-state index in [1.165, 1.54) is 6.92 Å². The smallest absolute Gasteiger partial charge is 0.413 e. The summed E-state index contributed by atoms with van der Waals surface area (Å²) in [6.45, 7) is 4.59. The van der Waals surface area contributed by atoms with Crippen LogP contribution in [0.4, 0.5) is 4.79 Å². The highest BCUT2D eigenvalue weighted by Crippen LogP contribution is 1.91. The molecule has 0 aliphatic carbocycles. The van der Waals surface area contributed by atoms with E-state index in [4.69, 9.17) is 10.8 Å². The molecule has 0 aliphatic rings. The van der Waals surface area contributed by atoms with Crippen molar-refractivity contribution in [2.75, 3.05) is 6.54 Å². The second-order valence-electron chi connectivity index (χ2n) is 2.36. The van der Waals surface area contributed by atoms with E-state index in [-0.39, 0.29) is 12.3 Å². The fourth-order valence-electron chi connectivity index (χ4n) is 0.551. The van der Waals surface area contributed by atoms with Gasteiger partial charge in [-0.1, -0.05) is 6.58 Å². The predicted molar refractivity (Wildman–Crippen MR) is 44.9 cm³/mol. The minimum atomic E-state index is -1.21. The number of carbonyl (C=O) groups is 2. The van der Waals surface area contributed by atoms with Crippen molar-refractivity contribution in [3.8, 4) is 0 Å². The first-order valence-electron chi connectivity index (χ1n) is 3.54. The number of allylic oxidation sites excluding steroid dienone is 1. The van der Waals surface area contributed by atoms with Gasteiger partial charge in [0.2, 0.25) is 0 Å². The van der Waals surface area contributed by atoms with Crippen LogP contribution in [0.2, 0.25) is 0 Å². The van der Waals surface area contributed by atoms with Crippen LogP contribution in [0.5, 0.6) is 0 Å². The molecule has 0 saturated carbocycles. The number of hydrogen-bond donors (Lipinski definition) is 3. The second kappa shape index (κ2) is 5.15. The van der Waals surface area contributed by atoms with Crippen LogP contribution in [0, 0.1) is 0 Å². The first-order chi connectivity index (χ1) is 5.97.